The molecule has 2 saturated heterocycles. The Kier molecular flexibility index (Phi) is 4.36. The van der Waals surface area contributed by atoms with E-state index in [1.165, 1.54) is 12.1 Å². The number of likely N-dealkylation sites (tertiary alicyclic amines) is 1. The number of Topliss-reactive ketones (excluding diaryl/α,β-unsaturated/α-hetero) is 1. The number of carbonyl (C=O) groups excluding carboxylic acids is 2. The van der Waals surface area contributed by atoms with Crippen LogP contribution in [0.25, 0.3) is 0 Å². The molecule has 1 amide bonds. The topological polar surface area (TPSA) is 49.4 Å². The summed E-state index contributed by atoms with van der Waals surface area (Å²) in [6.45, 7) is 2.20. The first-order valence-corrected chi connectivity index (χ1v) is 9.41. The van der Waals surface area contributed by atoms with Crippen LogP contribution in [0.5, 0.6) is 0 Å². The van der Waals surface area contributed by atoms with Crippen molar-refractivity contribution < 1.29 is 14.0 Å². The van der Waals surface area contributed by atoms with Gasteiger partial charge in [-0.2, -0.15) is 0 Å². The van der Waals surface area contributed by atoms with Gasteiger partial charge >= 0.3 is 0 Å². The van der Waals surface area contributed by atoms with Crippen LogP contribution in [0.1, 0.15) is 50.0 Å². The highest BCUT2D eigenvalue weighted by Crippen LogP contribution is 2.48. The average Bonchev–Trinajstić information content (AvgIpc) is 2.94. The zero-order chi connectivity index (χ0) is 17.4. The van der Waals surface area contributed by atoms with Gasteiger partial charge in [-0.3, -0.25) is 14.5 Å². The number of halogens is 1. The maximum absolute atomic E-state index is 13.3. The summed E-state index contributed by atoms with van der Waals surface area (Å²) in [4.78, 5) is 27.2. The highest BCUT2D eigenvalue weighted by Gasteiger charge is 2.52. The van der Waals surface area contributed by atoms with Gasteiger partial charge in [-0.25, -0.2) is 4.39 Å². The van der Waals surface area contributed by atoms with Crippen LogP contribution in [-0.2, 0) is 9.59 Å². The summed E-state index contributed by atoms with van der Waals surface area (Å²) in [6.07, 6.45) is 5.33. The van der Waals surface area contributed by atoms with E-state index in [1.807, 2.05) is 0 Å². The third-order valence-corrected chi connectivity index (χ3v) is 6.51. The molecule has 1 saturated carbocycles. The molecule has 4 rings (SSSR count). The first kappa shape index (κ1) is 16.7. The molecule has 0 bridgehead atoms. The smallest absolute Gasteiger partial charge is 0.227 e. The summed E-state index contributed by atoms with van der Waals surface area (Å²) in [5.74, 6) is 0.329. The van der Waals surface area contributed by atoms with E-state index in [4.69, 9.17) is 0 Å². The van der Waals surface area contributed by atoms with Crippen molar-refractivity contribution in [1.29, 1.82) is 0 Å². The van der Waals surface area contributed by atoms with Crippen molar-refractivity contribution in [2.75, 3.05) is 19.6 Å². The molecule has 1 aromatic rings. The molecule has 1 aliphatic carbocycles. The minimum absolute atomic E-state index is 0.0554. The Balaban J connectivity index is 1.52. The van der Waals surface area contributed by atoms with E-state index in [1.54, 1.807) is 12.1 Å². The summed E-state index contributed by atoms with van der Waals surface area (Å²) in [5.41, 5.74) is 0.619. The molecule has 0 aromatic heterocycles. The van der Waals surface area contributed by atoms with Crippen LogP contribution in [0.2, 0.25) is 0 Å². The summed E-state index contributed by atoms with van der Waals surface area (Å²) < 4.78 is 13.3. The molecule has 2 atom stereocenters. The molecule has 2 heterocycles. The lowest BCUT2D eigenvalue weighted by Crippen LogP contribution is -2.52. The Morgan fingerprint density at radius 3 is 2.48 bits per heavy atom. The zero-order valence-electron chi connectivity index (χ0n) is 14.5. The van der Waals surface area contributed by atoms with Gasteiger partial charge in [0.1, 0.15) is 11.6 Å². The van der Waals surface area contributed by atoms with E-state index >= 15 is 0 Å². The van der Waals surface area contributed by atoms with Crippen LogP contribution < -0.4 is 5.32 Å². The van der Waals surface area contributed by atoms with E-state index in [-0.39, 0.29) is 23.7 Å². The highest BCUT2D eigenvalue weighted by molar-refractivity contribution is 5.87. The number of amides is 1. The van der Waals surface area contributed by atoms with Crippen molar-refractivity contribution >= 4 is 11.7 Å². The van der Waals surface area contributed by atoms with Crippen molar-refractivity contribution in [3.8, 4) is 0 Å². The van der Waals surface area contributed by atoms with Gasteiger partial charge < -0.3 is 5.32 Å². The molecule has 2 aliphatic heterocycles. The highest BCUT2D eigenvalue weighted by atomic mass is 19.1. The van der Waals surface area contributed by atoms with Crippen LogP contribution in [-0.4, -0.2) is 42.3 Å². The van der Waals surface area contributed by atoms with Gasteiger partial charge in [-0.05, 0) is 56.5 Å². The first-order chi connectivity index (χ1) is 12.1. The molecule has 1 spiro atoms. The molecular weight excluding hydrogens is 319 g/mol. The second-order valence-corrected chi connectivity index (χ2v) is 7.73. The molecular formula is C20H25FN2O2. The molecule has 1 unspecified atom stereocenters. The van der Waals surface area contributed by atoms with Gasteiger partial charge in [-0.1, -0.05) is 18.6 Å². The monoisotopic (exact) mass is 344 g/mol. The number of carbonyl (C=O) groups is 2. The number of hydrogen-bond acceptors (Lipinski definition) is 3. The Bertz CT molecular complexity index is 665. The number of benzene rings is 1. The fourth-order valence-electron chi connectivity index (χ4n) is 5.02. The van der Waals surface area contributed by atoms with E-state index in [0.29, 0.717) is 18.7 Å². The normalized spacial score (nSPS) is 29.8. The Morgan fingerprint density at radius 1 is 1.08 bits per heavy atom. The largest absolute Gasteiger partial charge is 0.355 e. The van der Waals surface area contributed by atoms with Crippen molar-refractivity contribution in [2.24, 2.45) is 5.41 Å². The van der Waals surface area contributed by atoms with Crippen LogP contribution in [0.15, 0.2) is 24.3 Å². The Hall–Kier alpha value is -1.75. The van der Waals surface area contributed by atoms with Gasteiger partial charge in [0.05, 0.1) is 11.5 Å². The lowest BCUT2D eigenvalue weighted by molar-refractivity contribution is -0.133. The number of piperidine rings is 1. The average molecular weight is 344 g/mol. The predicted molar refractivity (Wildman–Crippen MR) is 92.7 cm³/mol. The molecule has 25 heavy (non-hydrogen) atoms. The second kappa shape index (κ2) is 6.52. The number of hydrogen-bond donors (Lipinski definition) is 1. The Labute approximate surface area is 147 Å². The molecule has 0 radical (unpaired) electrons. The van der Waals surface area contributed by atoms with Gasteiger partial charge in [-0.15, -0.1) is 0 Å². The summed E-state index contributed by atoms with van der Waals surface area (Å²) in [7, 11) is 0. The van der Waals surface area contributed by atoms with Crippen LogP contribution in [0, 0.1) is 11.2 Å². The number of nitrogens with zero attached hydrogens (tertiary/aromatic N) is 1. The molecule has 1 N–H and O–H groups in total. The molecule has 3 fully saturated rings. The molecule has 3 aliphatic rings. The van der Waals surface area contributed by atoms with Crippen LogP contribution in [0.3, 0.4) is 0 Å². The summed E-state index contributed by atoms with van der Waals surface area (Å²) in [5, 5.41) is 3.03. The maximum Gasteiger partial charge on any atom is 0.227 e. The van der Waals surface area contributed by atoms with Crippen molar-refractivity contribution in [1.82, 2.24) is 10.2 Å². The van der Waals surface area contributed by atoms with Crippen LogP contribution >= 0.6 is 0 Å². The zero-order valence-corrected chi connectivity index (χ0v) is 14.5. The summed E-state index contributed by atoms with van der Waals surface area (Å²) in [6, 6.07) is 6.61. The van der Waals surface area contributed by atoms with Gasteiger partial charge in [0.15, 0.2) is 0 Å². The van der Waals surface area contributed by atoms with Crippen LogP contribution in [0.4, 0.5) is 4.39 Å². The quantitative estimate of drug-likeness (QED) is 0.897. The summed E-state index contributed by atoms with van der Waals surface area (Å²) >= 11 is 0. The number of nitrogens with one attached hydrogen (secondary N) is 1. The molecule has 1 aromatic carbocycles. The van der Waals surface area contributed by atoms with E-state index < -0.39 is 5.41 Å². The third kappa shape index (κ3) is 2.88. The maximum atomic E-state index is 13.3. The van der Waals surface area contributed by atoms with E-state index in [0.717, 1.165) is 50.8 Å². The second-order valence-electron chi connectivity index (χ2n) is 7.73. The SMILES string of the molecule is O=C1CCCC[C@H]1N1CCC2(CC1)C(=O)NCC2c1ccc(F)cc1. The fourth-order valence-corrected chi connectivity index (χ4v) is 5.02. The standard InChI is InChI=1S/C20H25FN2O2/c21-15-7-5-14(6-8-15)16-13-22-19(25)20(16)9-11-23(12-10-20)17-3-1-2-4-18(17)24/h5-8,16-17H,1-4,9-13H2,(H,22,25)/t16?,17-/m1/s1. The lowest BCUT2D eigenvalue weighted by atomic mass is 9.67. The van der Waals surface area contributed by atoms with Crippen molar-refractivity contribution in [3.63, 3.8) is 0 Å². The van der Waals surface area contributed by atoms with Gasteiger partial charge in [0, 0.05) is 18.9 Å². The number of ketones is 1. The number of rotatable bonds is 2. The molecule has 5 heteroatoms. The predicted octanol–water partition coefficient (Wildman–Crippen LogP) is 2.63. The van der Waals surface area contributed by atoms with Gasteiger partial charge in [0.2, 0.25) is 5.91 Å². The molecule has 134 valence electrons. The van der Waals surface area contributed by atoms with Crippen molar-refractivity contribution in [3.05, 3.63) is 35.6 Å². The minimum atomic E-state index is -0.411. The third-order valence-electron chi connectivity index (χ3n) is 6.51. The fraction of sp³-hybridized carbons (Fsp3) is 0.600. The van der Waals surface area contributed by atoms with Gasteiger partial charge in [0.25, 0.3) is 0 Å². The first-order valence-electron chi connectivity index (χ1n) is 9.41. The van der Waals surface area contributed by atoms with Crippen molar-refractivity contribution in [2.45, 2.75) is 50.5 Å². The Morgan fingerprint density at radius 2 is 1.80 bits per heavy atom. The minimum Gasteiger partial charge on any atom is -0.355 e. The van der Waals surface area contributed by atoms with E-state index in [9.17, 15) is 14.0 Å². The van der Waals surface area contributed by atoms with E-state index in [2.05, 4.69) is 10.2 Å². The molecule has 4 nitrogen and oxygen atoms in total. The lowest BCUT2D eigenvalue weighted by Gasteiger charge is -2.44.